The number of nitrogens with one attached hydrogen (secondary N) is 1. The van der Waals surface area contributed by atoms with Crippen molar-refractivity contribution in [2.45, 2.75) is 32.2 Å². The van der Waals surface area contributed by atoms with Crippen molar-refractivity contribution in [3.8, 4) is 5.75 Å². The lowest BCUT2D eigenvalue weighted by molar-refractivity contribution is -0.130. The number of carbonyl (C=O) groups is 2. The molecule has 118 valence electrons. The zero-order valence-electron chi connectivity index (χ0n) is 13.1. The van der Waals surface area contributed by atoms with Gasteiger partial charge < -0.3 is 10.1 Å². The molecule has 1 aromatic carbocycles. The molecule has 1 aromatic rings. The average molecular weight is 303 g/mol. The molecule has 1 heterocycles. The summed E-state index contributed by atoms with van der Waals surface area (Å²) in [6, 6.07) is 7.52. The van der Waals surface area contributed by atoms with Crippen molar-refractivity contribution in [1.29, 1.82) is 0 Å². The van der Waals surface area contributed by atoms with Crippen LogP contribution in [0.4, 0.5) is 0 Å². The fourth-order valence-corrected chi connectivity index (χ4v) is 2.33. The van der Waals surface area contributed by atoms with E-state index in [9.17, 15) is 9.59 Å². The SMILES string of the molecule is CCC(NC(=O)C1=NN(C)C(=O)CC1)c1ccc(OC)cc1. The predicted molar refractivity (Wildman–Crippen MR) is 83.6 cm³/mol. The zero-order chi connectivity index (χ0) is 16.1. The van der Waals surface area contributed by atoms with Crippen molar-refractivity contribution in [1.82, 2.24) is 10.3 Å². The van der Waals surface area contributed by atoms with E-state index < -0.39 is 0 Å². The first-order chi connectivity index (χ1) is 10.5. The van der Waals surface area contributed by atoms with E-state index in [0.29, 0.717) is 18.6 Å². The molecule has 0 saturated carbocycles. The largest absolute Gasteiger partial charge is 0.497 e. The Bertz CT molecular complexity index is 581. The van der Waals surface area contributed by atoms with E-state index >= 15 is 0 Å². The van der Waals surface area contributed by atoms with Gasteiger partial charge >= 0.3 is 0 Å². The molecule has 2 amide bonds. The third kappa shape index (κ3) is 3.63. The molecule has 1 atom stereocenters. The van der Waals surface area contributed by atoms with E-state index in [1.807, 2.05) is 31.2 Å². The van der Waals surface area contributed by atoms with Crippen molar-refractivity contribution >= 4 is 17.5 Å². The molecule has 1 aliphatic rings. The molecule has 1 aliphatic heterocycles. The molecule has 1 N–H and O–H groups in total. The summed E-state index contributed by atoms with van der Waals surface area (Å²) < 4.78 is 5.14. The van der Waals surface area contributed by atoms with Crippen LogP contribution in [0.5, 0.6) is 5.75 Å². The molecule has 0 saturated heterocycles. The highest BCUT2D eigenvalue weighted by Gasteiger charge is 2.23. The number of hydrogen-bond acceptors (Lipinski definition) is 4. The van der Waals surface area contributed by atoms with Gasteiger partial charge in [0, 0.05) is 19.9 Å². The maximum absolute atomic E-state index is 12.3. The lowest BCUT2D eigenvalue weighted by atomic mass is 10.0. The van der Waals surface area contributed by atoms with Crippen LogP contribution in [0.15, 0.2) is 29.4 Å². The van der Waals surface area contributed by atoms with E-state index in [1.54, 1.807) is 14.2 Å². The van der Waals surface area contributed by atoms with E-state index in [-0.39, 0.29) is 17.9 Å². The smallest absolute Gasteiger partial charge is 0.267 e. The minimum atomic E-state index is -0.220. The first-order valence-corrected chi connectivity index (χ1v) is 7.34. The van der Waals surface area contributed by atoms with Gasteiger partial charge in [0.15, 0.2) is 0 Å². The molecular formula is C16H21N3O3. The Kier molecular flexibility index (Phi) is 5.14. The Labute approximate surface area is 130 Å². The van der Waals surface area contributed by atoms with Crippen molar-refractivity contribution in [2.24, 2.45) is 5.10 Å². The molecule has 1 unspecified atom stereocenters. The van der Waals surface area contributed by atoms with Crippen molar-refractivity contribution in [3.05, 3.63) is 29.8 Å². The maximum Gasteiger partial charge on any atom is 0.267 e. The maximum atomic E-state index is 12.3. The van der Waals surface area contributed by atoms with Gasteiger partial charge in [-0.1, -0.05) is 19.1 Å². The monoisotopic (exact) mass is 303 g/mol. The Morgan fingerprint density at radius 2 is 2.05 bits per heavy atom. The van der Waals surface area contributed by atoms with Gasteiger partial charge in [-0.25, -0.2) is 5.01 Å². The van der Waals surface area contributed by atoms with Gasteiger partial charge in [-0.05, 0) is 24.1 Å². The first-order valence-electron chi connectivity index (χ1n) is 7.34. The number of ether oxygens (including phenoxy) is 1. The summed E-state index contributed by atoms with van der Waals surface area (Å²) in [5.74, 6) is 0.488. The quantitative estimate of drug-likeness (QED) is 0.902. The van der Waals surface area contributed by atoms with Gasteiger partial charge in [0.1, 0.15) is 11.5 Å². The summed E-state index contributed by atoms with van der Waals surface area (Å²) in [7, 11) is 3.18. The van der Waals surface area contributed by atoms with Gasteiger partial charge in [0.2, 0.25) is 5.91 Å². The van der Waals surface area contributed by atoms with Crippen molar-refractivity contribution < 1.29 is 14.3 Å². The van der Waals surface area contributed by atoms with Crippen LogP contribution in [0.25, 0.3) is 0 Å². The normalized spacial score (nSPS) is 16.0. The third-order valence-electron chi connectivity index (χ3n) is 3.70. The van der Waals surface area contributed by atoms with Crippen LogP contribution in [0, 0.1) is 0 Å². The molecular weight excluding hydrogens is 282 g/mol. The van der Waals surface area contributed by atoms with Gasteiger partial charge in [-0.3, -0.25) is 9.59 Å². The molecule has 22 heavy (non-hydrogen) atoms. The Morgan fingerprint density at radius 1 is 1.36 bits per heavy atom. The standard InChI is InChI=1S/C16H21N3O3/c1-4-13(11-5-7-12(22-3)8-6-11)17-16(21)14-9-10-15(20)19(2)18-14/h5-8,13H,4,9-10H2,1-3H3,(H,17,21). The average Bonchev–Trinajstić information content (AvgIpc) is 2.55. The molecule has 6 heteroatoms. The minimum Gasteiger partial charge on any atom is -0.497 e. The van der Waals surface area contributed by atoms with Gasteiger partial charge in [0.05, 0.1) is 13.2 Å². The number of methoxy groups -OCH3 is 1. The summed E-state index contributed by atoms with van der Waals surface area (Å²) >= 11 is 0. The summed E-state index contributed by atoms with van der Waals surface area (Å²) in [6.45, 7) is 2.01. The number of rotatable bonds is 5. The second kappa shape index (κ2) is 7.06. The van der Waals surface area contributed by atoms with Crippen molar-refractivity contribution in [3.63, 3.8) is 0 Å². The van der Waals surface area contributed by atoms with Crippen LogP contribution in [-0.2, 0) is 9.59 Å². The summed E-state index contributed by atoms with van der Waals surface area (Å²) in [5.41, 5.74) is 1.41. The topological polar surface area (TPSA) is 71.0 Å². The molecule has 6 nitrogen and oxygen atoms in total. The Balaban J connectivity index is 2.07. The first kappa shape index (κ1) is 16.0. The Hall–Kier alpha value is -2.37. The van der Waals surface area contributed by atoms with Gasteiger partial charge in [-0.15, -0.1) is 0 Å². The number of benzene rings is 1. The van der Waals surface area contributed by atoms with Crippen LogP contribution in [0.1, 0.15) is 37.8 Å². The molecule has 0 aliphatic carbocycles. The van der Waals surface area contributed by atoms with Crippen LogP contribution in [0.3, 0.4) is 0 Å². The van der Waals surface area contributed by atoms with Gasteiger partial charge in [-0.2, -0.15) is 5.10 Å². The molecule has 0 spiro atoms. The number of hydrogen-bond donors (Lipinski definition) is 1. The fourth-order valence-electron chi connectivity index (χ4n) is 2.33. The lowest BCUT2D eigenvalue weighted by Gasteiger charge is -2.22. The molecule has 0 bridgehead atoms. The van der Waals surface area contributed by atoms with Crippen LogP contribution >= 0.6 is 0 Å². The highest BCUT2D eigenvalue weighted by Crippen LogP contribution is 2.20. The summed E-state index contributed by atoms with van der Waals surface area (Å²) in [4.78, 5) is 23.7. The van der Waals surface area contributed by atoms with Crippen LogP contribution in [-0.4, -0.2) is 36.7 Å². The van der Waals surface area contributed by atoms with E-state index in [0.717, 1.165) is 17.7 Å². The van der Waals surface area contributed by atoms with Crippen LogP contribution in [0.2, 0.25) is 0 Å². The van der Waals surface area contributed by atoms with Gasteiger partial charge in [0.25, 0.3) is 5.91 Å². The summed E-state index contributed by atoms with van der Waals surface area (Å²) in [6.07, 6.45) is 1.47. The number of nitrogens with zero attached hydrogens (tertiary/aromatic N) is 2. The number of hydrazone groups is 1. The minimum absolute atomic E-state index is 0.0706. The fraction of sp³-hybridized carbons (Fsp3) is 0.438. The molecule has 0 fully saturated rings. The second-order valence-corrected chi connectivity index (χ2v) is 5.17. The second-order valence-electron chi connectivity index (χ2n) is 5.17. The zero-order valence-corrected chi connectivity index (χ0v) is 13.1. The van der Waals surface area contributed by atoms with E-state index in [2.05, 4.69) is 10.4 Å². The number of amides is 2. The molecule has 0 radical (unpaired) electrons. The lowest BCUT2D eigenvalue weighted by Crippen LogP contribution is -2.39. The van der Waals surface area contributed by atoms with Crippen LogP contribution < -0.4 is 10.1 Å². The van der Waals surface area contributed by atoms with Crippen molar-refractivity contribution in [2.75, 3.05) is 14.2 Å². The third-order valence-corrected chi connectivity index (χ3v) is 3.70. The predicted octanol–water partition coefficient (Wildman–Crippen LogP) is 1.87. The molecule has 2 rings (SSSR count). The summed E-state index contributed by atoms with van der Waals surface area (Å²) in [5, 5.41) is 8.25. The Morgan fingerprint density at radius 3 is 2.59 bits per heavy atom. The van der Waals surface area contributed by atoms with E-state index in [4.69, 9.17) is 4.74 Å². The highest BCUT2D eigenvalue weighted by atomic mass is 16.5. The number of carbonyl (C=O) groups excluding carboxylic acids is 2. The molecule has 0 aromatic heterocycles. The van der Waals surface area contributed by atoms with E-state index in [1.165, 1.54) is 5.01 Å². The highest BCUT2D eigenvalue weighted by molar-refractivity contribution is 6.39.